The minimum Gasteiger partial charge on any atom is -0.294 e. The van der Waals surface area contributed by atoms with Gasteiger partial charge in [-0.15, -0.1) is 0 Å². The Labute approximate surface area is 114 Å². The molecule has 98 valence electrons. The van der Waals surface area contributed by atoms with Gasteiger partial charge in [-0.3, -0.25) is 14.0 Å². The van der Waals surface area contributed by atoms with Crippen LogP contribution in [0.4, 0.5) is 0 Å². The molecule has 0 fully saturated rings. The van der Waals surface area contributed by atoms with E-state index in [4.69, 9.17) is 5.26 Å². The molecule has 0 amide bonds. The summed E-state index contributed by atoms with van der Waals surface area (Å²) in [6.45, 7) is 0.320. The van der Waals surface area contributed by atoms with E-state index in [0.29, 0.717) is 23.1 Å². The highest BCUT2D eigenvalue weighted by Crippen LogP contribution is 2.09. The van der Waals surface area contributed by atoms with Gasteiger partial charge >= 0.3 is 0 Å². The first kappa shape index (κ1) is 12.1. The van der Waals surface area contributed by atoms with Crippen LogP contribution in [-0.2, 0) is 13.6 Å². The third-order valence-electron chi connectivity index (χ3n) is 3.20. The molecule has 6 heteroatoms. The number of nitriles is 1. The lowest BCUT2D eigenvalue weighted by Gasteiger charge is -2.06. The zero-order valence-corrected chi connectivity index (χ0v) is 10.8. The monoisotopic (exact) mass is 265 g/mol. The predicted molar refractivity (Wildman–Crippen MR) is 73.0 cm³/mol. The molecule has 0 aliphatic heterocycles. The van der Waals surface area contributed by atoms with Crippen LogP contribution in [0.15, 0.2) is 41.6 Å². The molecule has 0 radical (unpaired) electrons. The fourth-order valence-electron chi connectivity index (χ4n) is 2.13. The second-order valence-corrected chi connectivity index (χ2v) is 4.45. The fourth-order valence-corrected chi connectivity index (χ4v) is 2.13. The first-order valence-corrected chi connectivity index (χ1v) is 6.06. The molecule has 1 aromatic carbocycles. The Balaban J connectivity index is 2.10. The number of aryl methyl sites for hydroxylation is 1. The predicted octanol–water partition coefficient (Wildman–Crippen LogP) is 1.05. The standard InChI is InChI=1S/C14H11N5O/c1-18-13-12(7-17-18)14(20)19(9-16-13)8-11-5-3-2-4-10(11)6-15/h2-5,7,9H,8H2,1H3. The number of aromatic nitrogens is 4. The molecule has 0 N–H and O–H groups in total. The molecule has 0 bridgehead atoms. The maximum absolute atomic E-state index is 12.3. The van der Waals surface area contributed by atoms with E-state index in [1.165, 1.54) is 17.1 Å². The Bertz CT molecular complexity index is 884. The Morgan fingerprint density at radius 2 is 2.15 bits per heavy atom. The molecule has 20 heavy (non-hydrogen) atoms. The highest BCUT2D eigenvalue weighted by Gasteiger charge is 2.09. The van der Waals surface area contributed by atoms with Crippen molar-refractivity contribution < 1.29 is 0 Å². The highest BCUT2D eigenvalue weighted by molar-refractivity contribution is 5.72. The van der Waals surface area contributed by atoms with Crippen LogP contribution in [0.2, 0.25) is 0 Å². The van der Waals surface area contributed by atoms with E-state index in [0.717, 1.165) is 5.56 Å². The van der Waals surface area contributed by atoms with Crippen LogP contribution in [0, 0.1) is 11.3 Å². The van der Waals surface area contributed by atoms with Crippen LogP contribution >= 0.6 is 0 Å². The third-order valence-corrected chi connectivity index (χ3v) is 3.20. The summed E-state index contributed by atoms with van der Waals surface area (Å²) < 4.78 is 3.05. The van der Waals surface area contributed by atoms with Crippen LogP contribution in [-0.4, -0.2) is 19.3 Å². The number of rotatable bonds is 2. The molecule has 0 saturated heterocycles. The molecule has 0 aliphatic carbocycles. The number of hydrogen-bond donors (Lipinski definition) is 0. The first-order valence-electron chi connectivity index (χ1n) is 6.06. The number of nitrogens with zero attached hydrogens (tertiary/aromatic N) is 5. The second-order valence-electron chi connectivity index (χ2n) is 4.45. The van der Waals surface area contributed by atoms with Gasteiger partial charge in [-0.25, -0.2) is 4.98 Å². The Hall–Kier alpha value is -2.94. The van der Waals surface area contributed by atoms with Gasteiger partial charge in [0.15, 0.2) is 5.65 Å². The topological polar surface area (TPSA) is 76.5 Å². The van der Waals surface area contributed by atoms with Crippen molar-refractivity contribution in [2.45, 2.75) is 6.54 Å². The van der Waals surface area contributed by atoms with Gasteiger partial charge in [0.05, 0.1) is 24.4 Å². The van der Waals surface area contributed by atoms with E-state index >= 15 is 0 Å². The third kappa shape index (κ3) is 1.86. The summed E-state index contributed by atoms with van der Waals surface area (Å²) in [4.78, 5) is 16.6. The average molecular weight is 265 g/mol. The van der Waals surface area contributed by atoms with Gasteiger partial charge in [0.25, 0.3) is 5.56 Å². The minimum absolute atomic E-state index is 0.157. The molecule has 0 atom stereocenters. The van der Waals surface area contributed by atoms with E-state index in [9.17, 15) is 4.79 Å². The maximum Gasteiger partial charge on any atom is 0.264 e. The maximum atomic E-state index is 12.3. The summed E-state index contributed by atoms with van der Waals surface area (Å²) in [5.74, 6) is 0. The second kappa shape index (κ2) is 4.63. The van der Waals surface area contributed by atoms with Crippen molar-refractivity contribution >= 4 is 11.0 Å². The lowest BCUT2D eigenvalue weighted by molar-refractivity contribution is 0.736. The van der Waals surface area contributed by atoms with Crippen LogP contribution in [0.3, 0.4) is 0 Å². The van der Waals surface area contributed by atoms with E-state index < -0.39 is 0 Å². The molecule has 0 unspecified atom stereocenters. The molecule has 0 spiro atoms. The van der Waals surface area contributed by atoms with Crippen molar-refractivity contribution in [2.24, 2.45) is 7.05 Å². The van der Waals surface area contributed by atoms with Gasteiger partial charge in [0.1, 0.15) is 11.7 Å². The average Bonchev–Trinajstić information content (AvgIpc) is 2.85. The number of fused-ring (bicyclic) bond motifs is 1. The van der Waals surface area contributed by atoms with Crippen LogP contribution in [0.5, 0.6) is 0 Å². The lowest BCUT2D eigenvalue weighted by Crippen LogP contribution is -2.21. The molecule has 3 rings (SSSR count). The van der Waals surface area contributed by atoms with Crippen LogP contribution in [0.25, 0.3) is 11.0 Å². The zero-order chi connectivity index (χ0) is 14.1. The van der Waals surface area contributed by atoms with Gasteiger partial charge in [-0.1, -0.05) is 18.2 Å². The minimum atomic E-state index is -0.157. The summed E-state index contributed by atoms with van der Waals surface area (Å²) >= 11 is 0. The summed E-state index contributed by atoms with van der Waals surface area (Å²) in [5, 5.41) is 13.6. The van der Waals surface area contributed by atoms with Gasteiger partial charge in [0.2, 0.25) is 0 Å². The molecular weight excluding hydrogens is 254 g/mol. The molecule has 6 nitrogen and oxygen atoms in total. The van der Waals surface area contributed by atoms with E-state index in [2.05, 4.69) is 16.2 Å². The smallest absolute Gasteiger partial charge is 0.264 e. The Morgan fingerprint density at radius 1 is 1.35 bits per heavy atom. The van der Waals surface area contributed by atoms with Crippen LogP contribution in [0.1, 0.15) is 11.1 Å². The molecule has 3 aromatic rings. The fraction of sp³-hybridized carbons (Fsp3) is 0.143. The first-order chi connectivity index (χ1) is 9.70. The SMILES string of the molecule is Cn1ncc2c(=O)n(Cc3ccccc3C#N)cnc21. The van der Waals surface area contributed by atoms with Crippen molar-refractivity contribution in [3.8, 4) is 6.07 Å². The summed E-state index contributed by atoms with van der Waals surface area (Å²) in [6, 6.07) is 9.33. The Morgan fingerprint density at radius 3 is 2.95 bits per heavy atom. The number of hydrogen-bond acceptors (Lipinski definition) is 4. The summed E-state index contributed by atoms with van der Waals surface area (Å²) in [6.07, 6.45) is 3.00. The Kier molecular flexibility index (Phi) is 2.80. The van der Waals surface area contributed by atoms with E-state index in [1.54, 1.807) is 23.9 Å². The van der Waals surface area contributed by atoms with E-state index in [-0.39, 0.29) is 5.56 Å². The quantitative estimate of drug-likeness (QED) is 0.694. The lowest BCUT2D eigenvalue weighted by atomic mass is 10.1. The van der Waals surface area contributed by atoms with Gasteiger partial charge in [0, 0.05) is 7.05 Å². The zero-order valence-electron chi connectivity index (χ0n) is 10.8. The summed E-state index contributed by atoms with van der Waals surface area (Å²) in [7, 11) is 1.74. The molecule has 0 saturated carbocycles. The van der Waals surface area contributed by atoms with Crippen molar-refractivity contribution in [1.82, 2.24) is 19.3 Å². The van der Waals surface area contributed by atoms with Gasteiger partial charge < -0.3 is 0 Å². The van der Waals surface area contributed by atoms with Gasteiger partial charge in [-0.2, -0.15) is 10.4 Å². The molecule has 2 heterocycles. The van der Waals surface area contributed by atoms with Crippen molar-refractivity contribution in [3.05, 3.63) is 58.3 Å². The highest BCUT2D eigenvalue weighted by atomic mass is 16.1. The van der Waals surface area contributed by atoms with E-state index in [1.807, 2.05) is 12.1 Å². The van der Waals surface area contributed by atoms with Crippen LogP contribution < -0.4 is 5.56 Å². The van der Waals surface area contributed by atoms with Crippen molar-refractivity contribution in [2.75, 3.05) is 0 Å². The molecule has 2 aromatic heterocycles. The largest absolute Gasteiger partial charge is 0.294 e. The normalized spacial score (nSPS) is 10.6. The molecule has 0 aliphatic rings. The van der Waals surface area contributed by atoms with Crippen molar-refractivity contribution in [1.29, 1.82) is 5.26 Å². The van der Waals surface area contributed by atoms with Crippen molar-refractivity contribution in [3.63, 3.8) is 0 Å². The molecular formula is C14H11N5O. The summed E-state index contributed by atoms with van der Waals surface area (Å²) in [5.41, 5.74) is 1.75. The van der Waals surface area contributed by atoms with Gasteiger partial charge in [-0.05, 0) is 11.6 Å². The number of benzene rings is 1.